The molecule has 3 N–H and O–H groups in total. The highest BCUT2D eigenvalue weighted by Gasteiger charge is 2.27. The predicted molar refractivity (Wildman–Crippen MR) is 91.2 cm³/mol. The zero-order valence-electron chi connectivity index (χ0n) is 14.1. The minimum absolute atomic E-state index is 0.139. The number of aryl methyl sites for hydroxylation is 1. The van der Waals surface area contributed by atoms with Crippen LogP contribution >= 0.6 is 0 Å². The number of alkyl halides is 3. The van der Waals surface area contributed by atoms with Crippen molar-refractivity contribution in [3.8, 4) is 0 Å². The Balaban J connectivity index is 2.21. The smallest absolute Gasteiger partial charge is 0.389 e. The molecule has 2 rings (SSSR count). The maximum Gasteiger partial charge on any atom is 0.389 e. The van der Waals surface area contributed by atoms with E-state index in [0.717, 1.165) is 29.0 Å². The minimum atomic E-state index is -4.47. The van der Waals surface area contributed by atoms with Crippen LogP contribution in [0.5, 0.6) is 0 Å². The second-order valence-corrected chi connectivity index (χ2v) is 5.77. The number of amides is 1. The van der Waals surface area contributed by atoms with Crippen molar-refractivity contribution in [2.24, 2.45) is 0 Å². The maximum absolute atomic E-state index is 13.7. The molecular formula is C16H14F4N4O4. The number of anilines is 2. The van der Waals surface area contributed by atoms with E-state index in [1.165, 1.54) is 6.07 Å². The zero-order chi connectivity index (χ0) is 21.1. The van der Waals surface area contributed by atoms with Gasteiger partial charge in [-0.2, -0.15) is 13.2 Å². The summed E-state index contributed by atoms with van der Waals surface area (Å²) in [5, 5.41) is 13.0. The van der Waals surface area contributed by atoms with E-state index < -0.39 is 53.5 Å². The van der Waals surface area contributed by atoms with Crippen molar-refractivity contribution >= 4 is 23.0 Å². The first kappa shape index (κ1) is 20.9. The van der Waals surface area contributed by atoms with Crippen LogP contribution in [0.4, 0.5) is 34.6 Å². The highest BCUT2D eigenvalue weighted by atomic mass is 19.4. The van der Waals surface area contributed by atoms with Crippen molar-refractivity contribution in [1.82, 2.24) is 4.57 Å². The number of pyridine rings is 1. The average Bonchev–Trinajstić information content (AvgIpc) is 2.57. The number of carbonyl (C=O) groups excluding carboxylic acids is 1. The Hall–Kier alpha value is -3.44. The van der Waals surface area contributed by atoms with Gasteiger partial charge in [0, 0.05) is 18.7 Å². The van der Waals surface area contributed by atoms with Crippen LogP contribution in [0.3, 0.4) is 0 Å². The van der Waals surface area contributed by atoms with E-state index in [4.69, 9.17) is 5.73 Å². The lowest BCUT2D eigenvalue weighted by atomic mass is 10.1. The van der Waals surface area contributed by atoms with E-state index in [1.54, 1.807) is 0 Å². The molecule has 0 radical (unpaired) electrons. The van der Waals surface area contributed by atoms with Gasteiger partial charge in [0.05, 0.1) is 16.3 Å². The second-order valence-electron chi connectivity index (χ2n) is 5.77. The average molecular weight is 402 g/mol. The van der Waals surface area contributed by atoms with Gasteiger partial charge in [0.25, 0.3) is 0 Å². The van der Waals surface area contributed by atoms with Gasteiger partial charge in [-0.25, -0.2) is 4.39 Å². The summed E-state index contributed by atoms with van der Waals surface area (Å²) in [4.78, 5) is 33.9. The molecule has 1 aromatic carbocycles. The van der Waals surface area contributed by atoms with Gasteiger partial charge in [-0.1, -0.05) is 0 Å². The molecule has 1 heterocycles. The standard InChI is InChI=1S/C16H14F4N4O4/c17-10-6-9(3-4-16(18,19)20)14(21)11(7-10)22-13(25)8-23-5-1-2-12(15(23)26)24(27)28/h1-2,5-7H,3-4,8,21H2,(H,22,25). The van der Waals surface area contributed by atoms with Crippen molar-refractivity contribution in [1.29, 1.82) is 0 Å². The molecule has 0 saturated carbocycles. The predicted octanol–water partition coefficient (Wildman–Crippen LogP) is 2.61. The Kier molecular flexibility index (Phi) is 6.01. The molecule has 0 aliphatic rings. The fourth-order valence-corrected chi connectivity index (χ4v) is 2.39. The van der Waals surface area contributed by atoms with Crippen LogP contribution in [0.1, 0.15) is 12.0 Å². The lowest BCUT2D eigenvalue weighted by molar-refractivity contribution is -0.386. The number of nitrogens with zero attached hydrogens (tertiary/aromatic N) is 2. The largest absolute Gasteiger partial charge is 0.397 e. The fourth-order valence-electron chi connectivity index (χ4n) is 2.39. The second kappa shape index (κ2) is 8.06. The Bertz CT molecular complexity index is 972. The number of nitrogen functional groups attached to an aromatic ring is 1. The number of carbonyl (C=O) groups is 1. The summed E-state index contributed by atoms with van der Waals surface area (Å²) in [6.45, 7) is -0.644. The maximum atomic E-state index is 13.7. The van der Waals surface area contributed by atoms with Gasteiger partial charge in [-0.05, 0) is 30.2 Å². The fraction of sp³-hybridized carbons (Fsp3) is 0.250. The van der Waals surface area contributed by atoms with Crippen molar-refractivity contribution in [3.63, 3.8) is 0 Å². The molecule has 1 aromatic heterocycles. The van der Waals surface area contributed by atoms with Crippen molar-refractivity contribution < 1.29 is 27.3 Å². The van der Waals surface area contributed by atoms with Crippen LogP contribution in [-0.2, 0) is 17.8 Å². The van der Waals surface area contributed by atoms with E-state index in [-0.39, 0.29) is 16.9 Å². The molecule has 1 amide bonds. The quantitative estimate of drug-likeness (QED) is 0.333. The Morgan fingerprint density at radius 3 is 2.61 bits per heavy atom. The molecule has 0 fully saturated rings. The third-order valence-corrected chi connectivity index (χ3v) is 3.69. The van der Waals surface area contributed by atoms with Crippen LogP contribution in [0.15, 0.2) is 35.3 Å². The molecule has 0 aliphatic heterocycles. The van der Waals surface area contributed by atoms with Crippen LogP contribution < -0.4 is 16.6 Å². The molecule has 0 unspecified atom stereocenters. The lowest BCUT2D eigenvalue weighted by Crippen LogP contribution is -2.28. The SMILES string of the molecule is Nc1c(CCC(F)(F)F)cc(F)cc1NC(=O)Cn1cccc([N+](=O)[O-])c1=O. The van der Waals surface area contributed by atoms with E-state index in [0.29, 0.717) is 0 Å². The van der Waals surface area contributed by atoms with Crippen LogP contribution in [0.25, 0.3) is 0 Å². The lowest BCUT2D eigenvalue weighted by Gasteiger charge is -2.14. The molecule has 12 heteroatoms. The number of halogens is 4. The topological polar surface area (TPSA) is 120 Å². The Morgan fingerprint density at radius 2 is 2.00 bits per heavy atom. The van der Waals surface area contributed by atoms with Gasteiger partial charge in [0.1, 0.15) is 12.4 Å². The summed E-state index contributed by atoms with van der Waals surface area (Å²) in [6, 6.07) is 3.81. The van der Waals surface area contributed by atoms with Gasteiger partial charge in [0.15, 0.2) is 0 Å². The summed E-state index contributed by atoms with van der Waals surface area (Å²) in [5.74, 6) is -1.78. The number of hydrogen-bond acceptors (Lipinski definition) is 5. The number of nitrogens with two attached hydrogens (primary N) is 1. The van der Waals surface area contributed by atoms with E-state index in [1.807, 2.05) is 0 Å². The van der Waals surface area contributed by atoms with E-state index in [9.17, 15) is 37.3 Å². The Morgan fingerprint density at radius 1 is 1.32 bits per heavy atom. The molecule has 8 nitrogen and oxygen atoms in total. The van der Waals surface area contributed by atoms with Crippen LogP contribution in [0.2, 0.25) is 0 Å². The summed E-state index contributed by atoms with van der Waals surface area (Å²) < 4.78 is 51.6. The van der Waals surface area contributed by atoms with Crippen LogP contribution in [-0.4, -0.2) is 21.6 Å². The zero-order valence-corrected chi connectivity index (χ0v) is 14.1. The van der Waals surface area contributed by atoms with Gasteiger partial charge in [-0.3, -0.25) is 19.7 Å². The molecule has 2 aromatic rings. The summed E-state index contributed by atoms with van der Waals surface area (Å²) in [5.41, 5.74) is 3.30. The molecule has 150 valence electrons. The van der Waals surface area contributed by atoms with Crippen molar-refractivity contribution in [3.05, 3.63) is 62.3 Å². The van der Waals surface area contributed by atoms with Gasteiger partial charge in [-0.15, -0.1) is 0 Å². The molecule has 0 saturated heterocycles. The van der Waals surface area contributed by atoms with Gasteiger partial charge in [0.2, 0.25) is 5.91 Å². The minimum Gasteiger partial charge on any atom is -0.397 e. The normalized spacial score (nSPS) is 11.3. The number of benzene rings is 1. The molecule has 0 spiro atoms. The van der Waals surface area contributed by atoms with E-state index in [2.05, 4.69) is 5.32 Å². The number of nitro groups is 1. The molecule has 28 heavy (non-hydrogen) atoms. The van der Waals surface area contributed by atoms with Gasteiger partial charge < -0.3 is 15.6 Å². The first-order chi connectivity index (χ1) is 13.0. The third kappa shape index (κ3) is 5.28. The molecule has 0 atom stereocenters. The van der Waals surface area contributed by atoms with Gasteiger partial charge >= 0.3 is 17.4 Å². The first-order valence-corrected chi connectivity index (χ1v) is 7.76. The number of nitrogens with one attached hydrogen (secondary N) is 1. The highest BCUT2D eigenvalue weighted by Crippen LogP contribution is 2.29. The molecule has 0 bridgehead atoms. The summed E-state index contributed by atoms with van der Waals surface area (Å²) in [7, 11) is 0. The molecule has 0 aliphatic carbocycles. The van der Waals surface area contributed by atoms with Crippen LogP contribution in [0, 0.1) is 15.9 Å². The van der Waals surface area contributed by atoms with E-state index >= 15 is 0 Å². The number of aromatic nitrogens is 1. The number of hydrogen-bond donors (Lipinski definition) is 2. The molecular weight excluding hydrogens is 388 g/mol. The monoisotopic (exact) mass is 402 g/mol. The first-order valence-electron chi connectivity index (χ1n) is 7.76. The van der Waals surface area contributed by atoms with Crippen molar-refractivity contribution in [2.75, 3.05) is 11.1 Å². The summed E-state index contributed by atoms with van der Waals surface area (Å²) in [6.07, 6.45) is -5.14. The van der Waals surface area contributed by atoms with Crippen molar-refractivity contribution in [2.45, 2.75) is 25.6 Å². The number of rotatable bonds is 6. The Labute approximate surface area is 154 Å². The highest BCUT2D eigenvalue weighted by molar-refractivity contribution is 5.94. The summed E-state index contributed by atoms with van der Waals surface area (Å²) >= 11 is 0. The third-order valence-electron chi connectivity index (χ3n) is 3.69.